The van der Waals surface area contributed by atoms with Gasteiger partial charge in [0.05, 0.1) is 0 Å². The summed E-state index contributed by atoms with van der Waals surface area (Å²) in [6, 6.07) is 0. The quantitative estimate of drug-likeness (QED) is 0.600. The summed E-state index contributed by atoms with van der Waals surface area (Å²) in [7, 11) is 7.99. The zero-order valence-corrected chi connectivity index (χ0v) is 8.48. The molecule has 0 aromatic carbocycles. The third-order valence-corrected chi connectivity index (χ3v) is 3.00. The van der Waals surface area contributed by atoms with E-state index in [1.807, 2.05) is 10.8 Å². The van der Waals surface area contributed by atoms with Crippen molar-refractivity contribution in [2.24, 2.45) is 0 Å². The summed E-state index contributed by atoms with van der Waals surface area (Å²) in [6.07, 6.45) is 4.45. The second kappa shape index (κ2) is 2.97. The van der Waals surface area contributed by atoms with Crippen LogP contribution in [0.1, 0.15) is 11.3 Å². The molecular formula is C11H12N4-2. The summed E-state index contributed by atoms with van der Waals surface area (Å²) in [5, 5.41) is 1.13. The van der Waals surface area contributed by atoms with E-state index in [0.717, 1.165) is 30.5 Å². The molecule has 0 spiro atoms. The summed E-state index contributed by atoms with van der Waals surface area (Å²) >= 11 is 0. The number of fused-ring (bicyclic) bond motifs is 3. The predicted molar refractivity (Wildman–Crippen MR) is 57.8 cm³/mol. The number of hydrogen-bond acceptors (Lipinski definition) is 3. The van der Waals surface area contributed by atoms with E-state index in [1.54, 1.807) is 6.33 Å². The highest BCUT2D eigenvalue weighted by molar-refractivity contribution is 5.81. The van der Waals surface area contributed by atoms with Crippen molar-refractivity contribution in [3.05, 3.63) is 37.9 Å². The van der Waals surface area contributed by atoms with Gasteiger partial charge in [0, 0.05) is 11.8 Å². The first kappa shape index (κ1) is 8.73. The van der Waals surface area contributed by atoms with Crippen LogP contribution in [0.3, 0.4) is 0 Å². The molecule has 0 atom stereocenters. The molecule has 0 fully saturated rings. The lowest BCUT2D eigenvalue weighted by atomic mass is 10.1. The molecule has 0 unspecified atom stereocenters. The molecule has 0 N–H and O–H groups in total. The smallest absolute Gasteiger partial charge is 0.103 e. The number of nitrogens with zero attached hydrogens (tertiary/aromatic N) is 4. The Balaban J connectivity index is 2.32. The van der Waals surface area contributed by atoms with E-state index in [1.165, 1.54) is 11.3 Å². The first-order valence-electron chi connectivity index (χ1n) is 4.96. The van der Waals surface area contributed by atoms with Crippen molar-refractivity contribution in [1.29, 1.82) is 0 Å². The van der Waals surface area contributed by atoms with Crippen LogP contribution in [0.5, 0.6) is 0 Å². The van der Waals surface area contributed by atoms with Crippen LogP contribution < -0.4 is 0 Å². The SMILES string of the molecule is [CH2-]N1CCc2c(n([CH2-])c3ncncc23)C1. The molecule has 1 aliphatic heterocycles. The Hall–Kier alpha value is -1.55. The minimum atomic E-state index is 0.842. The molecule has 1 aliphatic rings. The third-order valence-electron chi connectivity index (χ3n) is 3.00. The van der Waals surface area contributed by atoms with E-state index in [0.29, 0.717) is 0 Å². The van der Waals surface area contributed by atoms with Crippen molar-refractivity contribution in [2.45, 2.75) is 13.0 Å². The van der Waals surface area contributed by atoms with Gasteiger partial charge in [0.2, 0.25) is 0 Å². The average molecular weight is 200 g/mol. The molecule has 0 aliphatic carbocycles. The monoisotopic (exact) mass is 200 g/mol. The number of aromatic nitrogens is 3. The molecular weight excluding hydrogens is 188 g/mol. The zero-order valence-electron chi connectivity index (χ0n) is 8.48. The van der Waals surface area contributed by atoms with Gasteiger partial charge in [0.15, 0.2) is 0 Å². The standard InChI is InChI=1S/C11H12N4/c1-14-4-3-8-9-5-12-7-13-11(9)15(2)10(8)6-14/h5,7H,1-4,6H2/q-2. The molecule has 0 saturated carbocycles. The first-order chi connectivity index (χ1) is 7.27. The van der Waals surface area contributed by atoms with Crippen molar-refractivity contribution in [2.75, 3.05) is 6.54 Å². The van der Waals surface area contributed by atoms with Gasteiger partial charge in [-0.25, -0.2) is 4.98 Å². The summed E-state index contributed by atoms with van der Waals surface area (Å²) < 4.78 is 1.91. The normalized spacial score (nSPS) is 16.9. The lowest BCUT2D eigenvalue weighted by molar-refractivity contribution is 0.341. The Labute approximate surface area is 88.6 Å². The van der Waals surface area contributed by atoms with Crippen molar-refractivity contribution in [3.8, 4) is 0 Å². The number of hydrogen-bond donors (Lipinski definition) is 0. The largest absolute Gasteiger partial charge is 0.468 e. The molecule has 0 bridgehead atoms. The van der Waals surface area contributed by atoms with Crippen molar-refractivity contribution >= 4 is 11.0 Å². The fraction of sp³-hybridized carbons (Fsp3) is 0.273. The molecule has 0 amide bonds. The molecule has 3 rings (SSSR count). The van der Waals surface area contributed by atoms with E-state index < -0.39 is 0 Å². The zero-order chi connectivity index (χ0) is 10.4. The second-order valence-corrected chi connectivity index (χ2v) is 3.92. The molecule has 4 nitrogen and oxygen atoms in total. The van der Waals surface area contributed by atoms with E-state index in [2.05, 4.69) is 29.0 Å². The van der Waals surface area contributed by atoms with Gasteiger partial charge >= 0.3 is 0 Å². The topological polar surface area (TPSA) is 34.0 Å². The fourth-order valence-corrected chi connectivity index (χ4v) is 2.22. The van der Waals surface area contributed by atoms with Crippen LogP contribution in [0.2, 0.25) is 0 Å². The maximum atomic E-state index is 4.26. The molecule has 78 valence electrons. The van der Waals surface area contributed by atoms with Gasteiger partial charge in [-0.05, 0) is 24.9 Å². The molecule has 3 heterocycles. The van der Waals surface area contributed by atoms with Crippen LogP contribution in [-0.2, 0) is 13.0 Å². The Morgan fingerprint density at radius 3 is 3.07 bits per heavy atom. The van der Waals surface area contributed by atoms with Crippen LogP contribution >= 0.6 is 0 Å². The van der Waals surface area contributed by atoms with E-state index in [9.17, 15) is 0 Å². The third kappa shape index (κ3) is 1.15. The van der Waals surface area contributed by atoms with Crippen molar-refractivity contribution in [3.63, 3.8) is 0 Å². The minimum Gasteiger partial charge on any atom is -0.468 e. The lowest BCUT2D eigenvalue weighted by Crippen LogP contribution is -2.25. The van der Waals surface area contributed by atoms with Crippen LogP contribution in [0.4, 0.5) is 0 Å². The number of rotatable bonds is 0. The van der Waals surface area contributed by atoms with Crippen molar-refractivity contribution < 1.29 is 0 Å². The Bertz CT molecular complexity index is 515. The molecule has 15 heavy (non-hydrogen) atoms. The van der Waals surface area contributed by atoms with Gasteiger partial charge in [-0.15, -0.1) is 7.05 Å². The summed E-state index contributed by atoms with van der Waals surface area (Å²) in [4.78, 5) is 10.4. The lowest BCUT2D eigenvalue weighted by Gasteiger charge is -2.34. The highest BCUT2D eigenvalue weighted by Crippen LogP contribution is 2.27. The summed E-state index contributed by atoms with van der Waals surface area (Å²) in [6.45, 7) is 1.83. The summed E-state index contributed by atoms with van der Waals surface area (Å²) in [5.74, 6) is 0. The average Bonchev–Trinajstić information content (AvgIpc) is 2.54. The van der Waals surface area contributed by atoms with E-state index in [4.69, 9.17) is 0 Å². The molecule has 2 aromatic rings. The molecule has 2 aromatic heterocycles. The minimum absolute atomic E-state index is 0.842. The molecule has 4 heteroatoms. The first-order valence-corrected chi connectivity index (χ1v) is 4.96. The van der Waals surface area contributed by atoms with Gasteiger partial charge < -0.3 is 9.47 Å². The van der Waals surface area contributed by atoms with Crippen molar-refractivity contribution in [1.82, 2.24) is 19.4 Å². The fourth-order valence-electron chi connectivity index (χ4n) is 2.22. The molecule has 0 saturated heterocycles. The van der Waals surface area contributed by atoms with E-state index in [-0.39, 0.29) is 0 Å². The predicted octanol–water partition coefficient (Wildman–Crippen LogP) is 1.22. The Kier molecular flexibility index (Phi) is 1.73. The summed E-state index contributed by atoms with van der Waals surface area (Å²) in [5.41, 5.74) is 3.47. The van der Waals surface area contributed by atoms with Gasteiger partial charge in [0.1, 0.15) is 6.33 Å². The Morgan fingerprint density at radius 2 is 2.20 bits per heavy atom. The maximum Gasteiger partial charge on any atom is 0.103 e. The van der Waals surface area contributed by atoms with Gasteiger partial charge in [-0.2, -0.15) is 0 Å². The van der Waals surface area contributed by atoms with Gasteiger partial charge in [-0.1, -0.05) is 11.3 Å². The maximum absolute atomic E-state index is 4.26. The van der Waals surface area contributed by atoms with Gasteiger partial charge in [-0.3, -0.25) is 12.0 Å². The molecule has 0 radical (unpaired) electrons. The van der Waals surface area contributed by atoms with E-state index >= 15 is 0 Å². The van der Waals surface area contributed by atoms with Crippen LogP contribution in [0.25, 0.3) is 11.0 Å². The van der Waals surface area contributed by atoms with Crippen LogP contribution in [0.15, 0.2) is 12.5 Å². The van der Waals surface area contributed by atoms with Crippen LogP contribution in [-0.4, -0.2) is 26.0 Å². The highest BCUT2D eigenvalue weighted by atomic mass is 15.1. The highest BCUT2D eigenvalue weighted by Gasteiger charge is 2.12. The Morgan fingerprint density at radius 1 is 1.33 bits per heavy atom. The van der Waals surface area contributed by atoms with Crippen LogP contribution in [0, 0.1) is 14.1 Å². The second-order valence-electron chi connectivity index (χ2n) is 3.92. The van der Waals surface area contributed by atoms with Gasteiger partial charge in [0.25, 0.3) is 0 Å².